The van der Waals surface area contributed by atoms with Crippen molar-refractivity contribution in [3.8, 4) is 0 Å². The molecule has 0 N–H and O–H groups in total. The van der Waals surface area contributed by atoms with Gasteiger partial charge in [-0.1, -0.05) is 0 Å². The fourth-order valence-corrected chi connectivity index (χ4v) is 1.63. The van der Waals surface area contributed by atoms with Crippen LogP contribution in [0.3, 0.4) is 0 Å². The normalized spacial score (nSPS) is 12.8. The summed E-state index contributed by atoms with van der Waals surface area (Å²) >= 11 is 0. The minimum Gasteiger partial charge on any atom is -0.298 e. The lowest BCUT2D eigenvalue weighted by Gasteiger charge is -2.20. The summed E-state index contributed by atoms with van der Waals surface area (Å²) < 4.78 is 23.1. The Hall–Kier alpha value is -1.17. The largest absolute Gasteiger partial charge is 0.298 e. The highest BCUT2D eigenvalue weighted by Crippen LogP contribution is 2.18. The predicted octanol–water partition coefficient (Wildman–Crippen LogP) is 0.355. The van der Waals surface area contributed by atoms with E-state index in [1.807, 2.05) is 0 Å². The topological polar surface area (TPSA) is 69.0 Å². The number of aryl methyl sites for hydroxylation is 1. The van der Waals surface area contributed by atoms with Crippen LogP contribution in [0.25, 0.3) is 0 Å². The van der Waals surface area contributed by atoms with Gasteiger partial charge in [-0.25, -0.2) is 8.42 Å². The molecule has 0 fully saturated rings. The van der Waals surface area contributed by atoms with Gasteiger partial charge in [0, 0.05) is 19.5 Å². The van der Waals surface area contributed by atoms with E-state index in [9.17, 15) is 13.2 Å². The minimum atomic E-state index is -3.40. The molecule has 0 aliphatic rings. The number of rotatable bonds is 4. The predicted molar refractivity (Wildman–Crippen MR) is 60.8 cm³/mol. The fourth-order valence-electron chi connectivity index (χ4n) is 1.14. The van der Waals surface area contributed by atoms with Crippen molar-refractivity contribution in [2.24, 2.45) is 7.05 Å². The quantitative estimate of drug-likeness (QED) is 0.766. The van der Waals surface area contributed by atoms with Crippen LogP contribution in [0, 0.1) is 0 Å². The Morgan fingerprint density at radius 1 is 1.50 bits per heavy atom. The summed E-state index contributed by atoms with van der Waals surface area (Å²) in [7, 11) is -1.65. The molecule has 90 valence electrons. The molecule has 0 unspecified atom stereocenters. The molecule has 0 atom stereocenters. The van der Waals surface area contributed by atoms with Crippen molar-refractivity contribution in [3.63, 3.8) is 0 Å². The van der Waals surface area contributed by atoms with Crippen molar-refractivity contribution < 1.29 is 13.2 Å². The first kappa shape index (κ1) is 12.9. The molecule has 0 radical (unpaired) electrons. The van der Waals surface area contributed by atoms with Gasteiger partial charge < -0.3 is 0 Å². The lowest BCUT2D eigenvalue weighted by atomic mass is 10.0. The van der Waals surface area contributed by atoms with Crippen LogP contribution in [0.4, 0.5) is 0 Å². The summed E-state index contributed by atoms with van der Waals surface area (Å²) in [6, 6.07) is 1.70. The van der Waals surface area contributed by atoms with Crippen LogP contribution in [0.2, 0.25) is 0 Å². The maximum absolute atomic E-state index is 11.9. The van der Waals surface area contributed by atoms with Crippen LogP contribution in [-0.4, -0.2) is 35.0 Å². The first-order valence-corrected chi connectivity index (χ1v) is 6.75. The number of sulfone groups is 1. The van der Waals surface area contributed by atoms with E-state index in [0.717, 1.165) is 6.26 Å². The van der Waals surface area contributed by atoms with E-state index < -0.39 is 14.6 Å². The molecule has 0 bridgehead atoms. The number of carbonyl (C=O) groups excluding carboxylic acids is 1. The summed E-state index contributed by atoms with van der Waals surface area (Å²) in [4.78, 5) is 11.9. The van der Waals surface area contributed by atoms with Crippen molar-refractivity contribution in [2.75, 3.05) is 6.26 Å². The van der Waals surface area contributed by atoms with Gasteiger partial charge in [0.25, 0.3) is 0 Å². The van der Waals surface area contributed by atoms with Crippen molar-refractivity contribution in [1.29, 1.82) is 0 Å². The Bertz CT molecular complexity index is 500. The van der Waals surface area contributed by atoms with Crippen molar-refractivity contribution in [3.05, 3.63) is 18.0 Å². The van der Waals surface area contributed by atoms with Crippen molar-refractivity contribution in [2.45, 2.75) is 25.0 Å². The zero-order valence-corrected chi connectivity index (χ0v) is 10.7. The summed E-state index contributed by atoms with van der Waals surface area (Å²) in [5.41, 5.74) is 0.587. The van der Waals surface area contributed by atoms with E-state index in [4.69, 9.17) is 0 Å². The lowest BCUT2D eigenvalue weighted by Crippen LogP contribution is -2.41. The van der Waals surface area contributed by atoms with Crippen molar-refractivity contribution in [1.82, 2.24) is 9.78 Å². The molecule has 6 heteroatoms. The molecule has 1 aromatic heterocycles. The number of nitrogens with zero attached hydrogens (tertiary/aromatic N) is 2. The molecule has 16 heavy (non-hydrogen) atoms. The number of carbonyl (C=O) groups is 1. The smallest absolute Gasteiger partial charge is 0.159 e. The molecule has 0 saturated heterocycles. The minimum absolute atomic E-state index is 0.0426. The molecular weight excluding hydrogens is 228 g/mol. The first-order chi connectivity index (χ1) is 7.14. The van der Waals surface area contributed by atoms with E-state index in [2.05, 4.69) is 5.10 Å². The number of hydrogen-bond acceptors (Lipinski definition) is 4. The summed E-state index contributed by atoms with van der Waals surface area (Å²) in [6.07, 6.45) is 2.83. The lowest BCUT2D eigenvalue weighted by molar-refractivity contribution is -0.120. The summed E-state index contributed by atoms with van der Waals surface area (Å²) in [5.74, 6) is -0.339. The molecule has 1 rings (SSSR count). The van der Waals surface area contributed by atoms with Crippen LogP contribution < -0.4 is 0 Å². The number of aromatic nitrogens is 2. The van der Waals surface area contributed by atoms with Gasteiger partial charge in [0.05, 0.1) is 12.1 Å². The maximum Gasteiger partial charge on any atom is 0.159 e. The average Bonchev–Trinajstić information content (AvgIpc) is 2.49. The van der Waals surface area contributed by atoms with Crippen LogP contribution in [0.1, 0.15) is 19.5 Å². The third kappa shape index (κ3) is 2.49. The van der Waals surface area contributed by atoms with E-state index in [-0.39, 0.29) is 12.2 Å². The molecular formula is C10H16N2O3S. The standard InChI is InChI=1S/C10H16N2O3S/c1-10(2,16(4,14)15)9(13)7-8-5-6-12(3)11-8/h5-6H,7H2,1-4H3. The van der Waals surface area contributed by atoms with Gasteiger partial charge in [-0.15, -0.1) is 0 Å². The molecule has 5 nitrogen and oxygen atoms in total. The third-order valence-electron chi connectivity index (χ3n) is 2.71. The van der Waals surface area contributed by atoms with Crippen LogP contribution >= 0.6 is 0 Å². The molecule has 0 aliphatic carbocycles. The Labute approximate surface area is 95.4 Å². The monoisotopic (exact) mass is 244 g/mol. The van der Waals surface area contributed by atoms with Crippen LogP contribution in [-0.2, 0) is 28.1 Å². The SMILES string of the molecule is Cn1ccc(CC(=O)C(C)(C)S(C)(=O)=O)n1. The second-order valence-electron chi connectivity index (χ2n) is 4.36. The summed E-state index contributed by atoms with van der Waals surface area (Å²) in [6.45, 7) is 2.85. The van der Waals surface area contributed by atoms with Gasteiger partial charge in [-0.3, -0.25) is 9.48 Å². The van der Waals surface area contributed by atoms with Gasteiger partial charge in [0.2, 0.25) is 0 Å². The number of Topliss-reactive ketones (excluding diaryl/α,β-unsaturated/α-hetero) is 1. The third-order valence-corrected chi connectivity index (χ3v) is 4.79. The first-order valence-electron chi connectivity index (χ1n) is 4.86. The number of hydrogen-bond donors (Lipinski definition) is 0. The van der Waals surface area contributed by atoms with Gasteiger partial charge in [-0.2, -0.15) is 5.10 Å². The Balaban J connectivity index is 2.89. The van der Waals surface area contributed by atoms with Crippen molar-refractivity contribution >= 4 is 15.6 Å². The van der Waals surface area contributed by atoms with Gasteiger partial charge in [0.1, 0.15) is 4.75 Å². The highest BCUT2D eigenvalue weighted by Gasteiger charge is 2.37. The van der Waals surface area contributed by atoms with Gasteiger partial charge >= 0.3 is 0 Å². The highest BCUT2D eigenvalue weighted by atomic mass is 32.2. The average molecular weight is 244 g/mol. The highest BCUT2D eigenvalue weighted by molar-refractivity contribution is 7.92. The second-order valence-corrected chi connectivity index (χ2v) is 6.93. The maximum atomic E-state index is 11.9. The van der Waals surface area contributed by atoms with Gasteiger partial charge in [-0.05, 0) is 19.9 Å². The molecule has 0 aromatic carbocycles. The molecule has 1 aromatic rings. The van der Waals surface area contributed by atoms with Gasteiger partial charge in [0.15, 0.2) is 15.6 Å². The van der Waals surface area contributed by atoms with E-state index >= 15 is 0 Å². The molecule has 1 heterocycles. The molecule has 0 saturated carbocycles. The fraction of sp³-hybridized carbons (Fsp3) is 0.600. The van der Waals surface area contributed by atoms with E-state index in [1.54, 1.807) is 24.0 Å². The molecule has 0 aliphatic heterocycles. The molecule has 0 spiro atoms. The zero-order valence-electron chi connectivity index (χ0n) is 9.89. The second kappa shape index (κ2) is 4.01. The van der Waals surface area contributed by atoms with Crippen LogP contribution in [0.15, 0.2) is 12.3 Å². The Kier molecular flexibility index (Phi) is 3.23. The Morgan fingerprint density at radius 2 is 2.06 bits per heavy atom. The Morgan fingerprint density at radius 3 is 2.44 bits per heavy atom. The molecule has 0 amide bonds. The zero-order chi connectivity index (χ0) is 12.6. The van der Waals surface area contributed by atoms with E-state index in [0.29, 0.717) is 5.69 Å². The van der Waals surface area contributed by atoms with E-state index in [1.165, 1.54) is 13.8 Å². The summed E-state index contributed by atoms with van der Waals surface area (Å²) in [5, 5.41) is 4.05. The number of ketones is 1. The van der Waals surface area contributed by atoms with Crippen LogP contribution in [0.5, 0.6) is 0 Å².